The second kappa shape index (κ2) is 6.10. The lowest BCUT2D eigenvalue weighted by atomic mass is 10.1. The molecule has 0 unspecified atom stereocenters. The van der Waals surface area contributed by atoms with Crippen LogP contribution in [0, 0.1) is 11.7 Å². The molecule has 1 aliphatic rings. The van der Waals surface area contributed by atoms with Gasteiger partial charge in [0.2, 0.25) is 0 Å². The number of ether oxygens (including phenoxy) is 1. The first-order valence-electron chi connectivity index (χ1n) is 7.20. The second-order valence-corrected chi connectivity index (χ2v) is 5.36. The number of nitrogens with zero attached hydrogens (tertiary/aromatic N) is 1. The highest BCUT2D eigenvalue weighted by molar-refractivity contribution is 5.91. The number of benzene rings is 1. The van der Waals surface area contributed by atoms with E-state index in [0.717, 1.165) is 5.56 Å². The molecule has 3 nitrogen and oxygen atoms in total. The Kier molecular flexibility index (Phi) is 4.00. The minimum atomic E-state index is -0.410. The van der Waals surface area contributed by atoms with Crippen molar-refractivity contribution < 1.29 is 13.9 Å². The molecule has 2 aromatic rings. The molecule has 112 valence electrons. The number of halogens is 1. The zero-order valence-electron chi connectivity index (χ0n) is 12.3. The van der Waals surface area contributed by atoms with Crippen LogP contribution in [0.15, 0.2) is 42.5 Å². The molecule has 22 heavy (non-hydrogen) atoms. The van der Waals surface area contributed by atoms with E-state index >= 15 is 0 Å². The van der Waals surface area contributed by atoms with Gasteiger partial charge in [0, 0.05) is 5.56 Å². The minimum Gasteiger partial charge on any atom is -0.465 e. The van der Waals surface area contributed by atoms with Crippen LogP contribution in [0.25, 0.3) is 17.3 Å². The predicted molar refractivity (Wildman–Crippen MR) is 82.7 cm³/mol. The lowest BCUT2D eigenvalue weighted by Crippen LogP contribution is -2.03. The topological polar surface area (TPSA) is 39.2 Å². The molecule has 1 heterocycles. The Bertz CT molecular complexity index is 718. The van der Waals surface area contributed by atoms with Gasteiger partial charge in [-0.05, 0) is 61.2 Å². The number of carbonyl (C=O) groups excluding carboxylic acids is 1. The molecule has 0 aliphatic heterocycles. The first kappa shape index (κ1) is 14.4. The van der Waals surface area contributed by atoms with Crippen molar-refractivity contribution in [2.75, 3.05) is 7.11 Å². The van der Waals surface area contributed by atoms with Gasteiger partial charge >= 0.3 is 5.97 Å². The summed E-state index contributed by atoms with van der Waals surface area (Å²) in [5.41, 5.74) is 2.52. The number of pyridine rings is 1. The maximum absolute atomic E-state index is 13.1. The van der Waals surface area contributed by atoms with Crippen LogP contribution in [0.4, 0.5) is 4.39 Å². The fourth-order valence-electron chi connectivity index (χ4n) is 2.16. The molecular weight excluding hydrogens is 281 g/mol. The molecule has 1 aromatic carbocycles. The van der Waals surface area contributed by atoms with Crippen molar-refractivity contribution >= 4 is 12.0 Å². The van der Waals surface area contributed by atoms with Crippen molar-refractivity contribution in [3.8, 4) is 11.3 Å². The number of rotatable bonds is 4. The van der Waals surface area contributed by atoms with Gasteiger partial charge in [-0.3, -0.25) is 0 Å². The molecule has 1 fully saturated rings. The number of carbonyl (C=O) groups is 1. The van der Waals surface area contributed by atoms with Crippen LogP contribution in [0.3, 0.4) is 0 Å². The van der Waals surface area contributed by atoms with E-state index in [-0.39, 0.29) is 5.82 Å². The molecule has 0 spiro atoms. The van der Waals surface area contributed by atoms with Crippen LogP contribution >= 0.6 is 0 Å². The summed E-state index contributed by atoms with van der Waals surface area (Å²) in [7, 11) is 1.35. The van der Waals surface area contributed by atoms with Gasteiger partial charge in [0.1, 0.15) is 5.82 Å². The summed E-state index contributed by atoms with van der Waals surface area (Å²) < 4.78 is 17.8. The Hall–Kier alpha value is -2.49. The summed E-state index contributed by atoms with van der Waals surface area (Å²) in [6, 6.07) is 9.41. The number of methoxy groups -OCH3 is 1. The normalized spacial score (nSPS) is 14.3. The van der Waals surface area contributed by atoms with E-state index in [9.17, 15) is 9.18 Å². The summed E-state index contributed by atoms with van der Waals surface area (Å²) in [4.78, 5) is 16.4. The average molecular weight is 297 g/mol. The van der Waals surface area contributed by atoms with E-state index in [4.69, 9.17) is 4.74 Å². The quantitative estimate of drug-likeness (QED) is 0.798. The van der Waals surface area contributed by atoms with Crippen LogP contribution in [0.1, 0.15) is 28.9 Å². The van der Waals surface area contributed by atoms with Crippen molar-refractivity contribution in [1.29, 1.82) is 0 Å². The van der Waals surface area contributed by atoms with Gasteiger partial charge in [-0.15, -0.1) is 0 Å². The predicted octanol–water partition coefficient (Wildman–Crippen LogP) is 4.10. The molecule has 1 saturated carbocycles. The zero-order chi connectivity index (χ0) is 15.5. The third-order valence-corrected chi connectivity index (χ3v) is 3.57. The van der Waals surface area contributed by atoms with E-state index < -0.39 is 5.97 Å². The number of esters is 1. The van der Waals surface area contributed by atoms with Crippen molar-refractivity contribution in [3.05, 3.63) is 59.5 Å². The van der Waals surface area contributed by atoms with Crippen LogP contribution in [-0.2, 0) is 4.74 Å². The Balaban J connectivity index is 2.01. The van der Waals surface area contributed by atoms with E-state index in [1.54, 1.807) is 24.3 Å². The fraction of sp³-hybridized carbons (Fsp3) is 0.222. The summed E-state index contributed by atoms with van der Waals surface area (Å²) in [6.45, 7) is 0. The molecule has 1 aliphatic carbocycles. The standard InChI is InChI=1S/C18H16FNO2/c1-22-18(21)14-10-16(9-4-12-2-3-12)20-17(11-14)13-5-7-15(19)8-6-13/h4-12H,2-3H2,1H3. The average Bonchev–Trinajstić information content (AvgIpc) is 3.37. The van der Waals surface area contributed by atoms with Crippen LogP contribution in [-0.4, -0.2) is 18.1 Å². The van der Waals surface area contributed by atoms with Gasteiger partial charge in [0.25, 0.3) is 0 Å². The Morgan fingerprint density at radius 1 is 1.27 bits per heavy atom. The van der Waals surface area contributed by atoms with Crippen molar-refractivity contribution in [2.45, 2.75) is 12.8 Å². The van der Waals surface area contributed by atoms with Gasteiger partial charge in [-0.1, -0.05) is 6.08 Å². The molecule has 0 saturated heterocycles. The molecule has 1 aromatic heterocycles. The van der Waals surface area contributed by atoms with E-state index in [1.165, 1.54) is 32.1 Å². The number of aromatic nitrogens is 1. The molecule has 0 bridgehead atoms. The highest BCUT2D eigenvalue weighted by atomic mass is 19.1. The Labute approximate surface area is 128 Å². The number of hydrogen-bond acceptors (Lipinski definition) is 3. The lowest BCUT2D eigenvalue weighted by molar-refractivity contribution is 0.0600. The highest BCUT2D eigenvalue weighted by Gasteiger charge is 2.17. The second-order valence-electron chi connectivity index (χ2n) is 5.36. The smallest absolute Gasteiger partial charge is 0.338 e. The monoisotopic (exact) mass is 297 g/mol. The summed E-state index contributed by atoms with van der Waals surface area (Å²) in [6.07, 6.45) is 6.45. The molecule has 0 atom stereocenters. The summed E-state index contributed by atoms with van der Waals surface area (Å²) in [5, 5.41) is 0. The zero-order valence-corrected chi connectivity index (χ0v) is 12.3. The molecule has 4 heteroatoms. The van der Waals surface area contributed by atoms with Gasteiger partial charge < -0.3 is 4.74 Å². The lowest BCUT2D eigenvalue weighted by Gasteiger charge is -2.06. The molecule has 0 radical (unpaired) electrons. The molecule has 0 N–H and O–H groups in total. The molecule has 0 amide bonds. The number of allylic oxidation sites excluding steroid dienone is 1. The van der Waals surface area contributed by atoms with Crippen molar-refractivity contribution in [1.82, 2.24) is 4.98 Å². The maximum atomic E-state index is 13.1. The van der Waals surface area contributed by atoms with Gasteiger partial charge in [0.05, 0.1) is 24.1 Å². The number of hydrogen-bond donors (Lipinski definition) is 0. The summed E-state index contributed by atoms with van der Waals surface area (Å²) >= 11 is 0. The Morgan fingerprint density at radius 3 is 2.64 bits per heavy atom. The minimum absolute atomic E-state index is 0.304. The molecule has 3 rings (SSSR count). The van der Waals surface area contributed by atoms with E-state index in [0.29, 0.717) is 22.9 Å². The van der Waals surface area contributed by atoms with Gasteiger partial charge in [-0.2, -0.15) is 0 Å². The van der Waals surface area contributed by atoms with Gasteiger partial charge in [0.15, 0.2) is 0 Å². The van der Waals surface area contributed by atoms with Crippen molar-refractivity contribution in [3.63, 3.8) is 0 Å². The van der Waals surface area contributed by atoms with E-state index in [2.05, 4.69) is 11.1 Å². The Morgan fingerprint density at radius 2 is 2.00 bits per heavy atom. The van der Waals surface area contributed by atoms with Crippen LogP contribution in [0.5, 0.6) is 0 Å². The third kappa shape index (κ3) is 3.39. The first-order valence-corrected chi connectivity index (χ1v) is 7.20. The van der Waals surface area contributed by atoms with Crippen molar-refractivity contribution in [2.24, 2.45) is 5.92 Å². The maximum Gasteiger partial charge on any atom is 0.338 e. The largest absolute Gasteiger partial charge is 0.465 e. The highest BCUT2D eigenvalue weighted by Crippen LogP contribution is 2.31. The fourth-order valence-corrected chi connectivity index (χ4v) is 2.16. The third-order valence-electron chi connectivity index (χ3n) is 3.57. The van der Waals surface area contributed by atoms with E-state index in [1.807, 2.05) is 6.08 Å². The van der Waals surface area contributed by atoms with Crippen LogP contribution < -0.4 is 0 Å². The van der Waals surface area contributed by atoms with Crippen LogP contribution in [0.2, 0.25) is 0 Å². The summed E-state index contributed by atoms with van der Waals surface area (Å²) in [5.74, 6) is -0.0913. The molecular formula is C18H16FNO2. The first-order chi connectivity index (χ1) is 10.7. The van der Waals surface area contributed by atoms with Gasteiger partial charge in [-0.25, -0.2) is 14.2 Å². The SMILES string of the molecule is COC(=O)c1cc(C=CC2CC2)nc(-c2ccc(F)cc2)c1.